The number of anilines is 1. The van der Waals surface area contributed by atoms with E-state index in [4.69, 9.17) is 4.74 Å². The fourth-order valence-corrected chi connectivity index (χ4v) is 5.18. The molecule has 2 aromatic carbocycles. The molecule has 6 nitrogen and oxygen atoms in total. The van der Waals surface area contributed by atoms with Crippen LogP contribution in [0.4, 0.5) is 5.69 Å². The lowest BCUT2D eigenvalue weighted by Gasteiger charge is -2.32. The van der Waals surface area contributed by atoms with Crippen molar-refractivity contribution in [2.75, 3.05) is 11.5 Å². The average Bonchev–Trinajstić information content (AvgIpc) is 3.25. The summed E-state index contributed by atoms with van der Waals surface area (Å²) < 4.78 is 5.45. The van der Waals surface area contributed by atoms with E-state index in [0.717, 1.165) is 16.7 Å². The van der Waals surface area contributed by atoms with Gasteiger partial charge in [0.1, 0.15) is 5.54 Å². The first kappa shape index (κ1) is 22.2. The summed E-state index contributed by atoms with van der Waals surface area (Å²) in [5, 5.41) is 3.43. The van der Waals surface area contributed by atoms with Crippen molar-refractivity contribution < 1.29 is 19.1 Å². The van der Waals surface area contributed by atoms with E-state index in [9.17, 15) is 14.4 Å². The van der Waals surface area contributed by atoms with Gasteiger partial charge in [-0.2, -0.15) is 0 Å². The van der Waals surface area contributed by atoms with E-state index in [2.05, 4.69) is 5.32 Å². The molecule has 0 radical (unpaired) electrons. The third-order valence-electron chi connectivity index (χ3n) is 6.67. The van der Waals surface area contributed by atoms with Crippen molar-refractivity contribution in [1.29, 1.82) is 0 Å². The zero-order valence-corrected chi connectivity index (χ0v) is 19.1. The Balaban J connectivity index is 1.85. The molecule has 2 fully saturated rings. The van der Waals surface area contributed by atoms with Crippen LogP contribution in [0.25, 0.3) is 0 Å². The van der Waals surface area contributed by atoms with Crippen LogP contribution in [0, 0.1) is 25.7 Å². The van der Waals surface area contributed by atoms with Crippen LogP contribution in [0.1, 0.15) is 49.4 Å². The molecule has 0 aliphatic carbocycles. The van der Waals surface area contributed by atoms with E-state index in [1.807, 2.05) is 57.2 Å². The molecule has 0 unspecified atom stereocenters. The predicted octanol–water partition coefficient (Wildman–Crippen LogP) is 3.86. The van der Waals surface area contributed by atoms with E-state index < -0.39 is 29.4 Å². The molecule has 0 aromatic heterocycles. The Morgan fingerprint density at radius 2 is 1.56 bits per heavy atom. The number of ether oxygens (including phenoxy) is 1. The van der Waals surface area contributed by atoms with Crippen LogP contribution in [-0.2, 0) is 19.1 Å². The Morgan fingerprint density at radius 3 is 2.12 bits per heavy atom. The number of nitrogens with zero attached hydrogens (tertiary/aromatic N) is 1. The molecular formula is C26H30N2O4. The van der Waals surface area contributed by atoms with Crippen LogP contribution in [-0.4, -0.2) is 29.9 Å². The van der Waals surface area contributed by atoms with Crippen molar-refractivity contribution in [3.05, 3.63) is 65.2 Å². The molecule has 2 heterocycles. The summed E-state index contributed by atoms with van der Waals surface area (Å²) in [6.07, 6.45) is 1.08. The standard InChI is InChI=1S/C26H30N2O4/c1-5-15-26(25(31)32-6-2)21-20(22(27-26)18-11-7-16(3)8-12-18)23(29)28(24(21)30)19-13-9-17(4)10-14-19/h7-14,20-22,27H,5-6,15H2,1-4H3/t20-,21-,22-,26-/m0/s1. The Kier molecular flexibility index (Phi) is 5.91. The first-order valence-corrected chi connectivity index (χ1v) is 11.3. The summed E-state index contributed by atoms with van der Waals surface area (Å²) in [5.41, 5.74) is 2.33. The summed E-state index contributed by atoms with van der Waals surface area (Å²) in [7, 11) is 0. The topological polar surface area (TPSA) is 75.7 Å². The molecule has 0 bridgehead atoms. The number of carbonyl (C=O) groups excluding carboxylic acids is 3. The smallest absolute Gasteiger partial charge is 0.327 e. The molecular weight excluding hydrogens is 404 g/mol. The van der Waals surface area contributed by atoms with E-state index in [0.29, 0.717) is 18.5 Å². The summed E-state index contributed by atoms with van der Waals surface area (Å²) in [5.74, 6) is -2.57. The SMILES string of the molecule is CCC[C@]1(C(=O)OCC)N[C@@H](c2ccc(C)cc2)[C@H]2C(=O)N(c3ccc(C)cc3)C(=O)[C@H]21. The first-order valence-electron chi connectivity index (χ1n) is 11.3. The predicted molar refractivity (Wildman–Crippen MR) is 122 cm³/mol. The molecule has 2 aliphatic rings. The monoisotopic (exact) mass is 434 g/mol. The Bertz CT molecular complexity index is 1030. The van der Waals surface area contributed by atoms with E-state index in [-0.39, 0.29) is 18.4 Å². The van der Waals surface area contributed by atoms with Crippen molar-refractivity contribution in [3.8, 4) is 0 Å². The number of nitrogens with one attached hydrogen (secondary N) is 1. The third-order valence-corrected chi connectivity index (χ3v) is 6.67. The first-order chi connectivity index (χ1) is 15.3. The van der Waals surface area contributed by atoms with Gasteiger partial charge in [0.2, 0.25) is 11.8 Å². The highest BCUT2D eigenvalue weighted by Crippen LogP contribution is 2.51. The summed E-state index contributed by atoms with van der Waals surface area (Å²) in [4.78, 5) is 42.1. The minimum absolute atomic E-state index is 0.211. The molecule has 2 aliphatic heterocycles. The van der Waals surface area contributed by atoms with E-state index >= 15 is 0 Å². The molecule has 2 amide bonds. The summed E-state index contributed by atoms with van der Waals surface area (Å²) in [6.45, 7) is 7.88. The second-order valence-electron chi connectivity index (χ2n) is 8.83. The number of hydrogen-bond donors (Lipinski definition) is 1. The van der Waals surface area contributed by atoms with Crippen molar-refractivity contribution in [2.24, 2.45) is 11.8 Å². The summed E-state index contributed by atoms with van der Waals surface area (Å²) >= 11 is 0. The van der Waals surface area contributed by atoms with Gasteiger partial charge in [0.05, 0.1) is 24.1 Å². The van der Waals surface area contributed by atoms with Gasteiger partial charge in [0.15, 0.2) is 0 Å². The summed E-state index contributed by atoms with van der Waals surface area (Å²) in [6, 6.07) is 14.8. The molecule has 2 aromatic rings. The maximum Gasteiger partial charge on any atom is 0.327 e. The van der Waals surface area contributed by atoms with Crippen molar-refractivity contribution in [2.45, 2.75) is 52.1 Å². The maximum absolute atomic E-state index is 13.8. The second-order valence-corrected chi connectivity index (χ2v) is 8.83. The minimum Gasteiger partial charge on any atom is -0.465 e. The van der Waals surface area contributed by atoms with E-state index in [1.165, 1.54) is 4.90 Å². The fourth-order valence-electron chi connectivity index (χ4n) is 5.18. The van der Waals surface area contributed by atoms with Gasteiger partial charge in [-0.25, -0.2) is 4.90 Å². The highest BCUT2D eigenvalue weighted by atomic mass is 16.5. The molecule has 32 heavy (non-hydrogen) atoms. The van der Waals surface area contributed by atoms with E-state index in [1.54, 1.807) is 19.1 Å². The highest BCUT2D eigenvalue weighted by Gasteiger charge is 2.68. The van der Waals surface area contributed by atoms with Crippen LogP contribution < -0.4 is 10.2 Å². The Labute approximate surface area is 188 Å². The highest BCUT2D eigenvalue weighted by molar-refractivity contribution is 6.24. The van der Waals surface area contributed by atoms with Crippen LogP contribution >= 0.6 is 0 Å². The zero-order chi connectivity index (χ0) is 23.0. The third kappa shape index (κ3) is 3.43. The van der Waals surface area contributed by atoms with Crippen LogP contribution in [0.15, 0.2) is 48.5 Å². The average molecular weight is 435 g/mol. The number of hydrogen-bond acceptors (Lipinski definition) is 5. The molecule has 168 valence electrons. The number of imide groups is 1. The van der Waals surface area contributed by atoms with Crippen LogP contribution in [0.3, 0.4) is 0 Å². The number of fused-ring (bicyclic) bond motifs is 1. The van der Waals surface area contributed by atoms with Gasteiger partial charge in [-0.1, -0.05) is 60.9 Å². The van der Waals surface area contributed by atoms with Crippen LogP contribution in [0.2, 0.25) is 0 Å². The number of benzene rings is 2. The second kappa shape index (κ2) is 8.51. The van der Waals surface area contributed by atoms with Gasteiger partial charge in [-0.15, -0.1) is 0 Å². The molecule has 0 saturated carbocycles. The lowest BCUT2D eigenvalue weighted by Crippen LogP contribution is -2.56. The maximum atomic E-state index is 13.8. The van der Waals surface area contributed by atoms with Gasteiger partial charge < -0.3 is 4.74 Å². The molecule has 0 spiro atoms. The van der Waals surface area contributed by atoms with Gasteiger partial charge in [0, 0.05) is 6.04 Å². The molecule has 1 N–H and O–H groups in total. The lowest BCUT2D eigenvalue weighted by atomic mass is 9.77. The van der Waals surface area contributed by atoms with Gasteiger partial charge in [-0.05, 0) is 44.9 Å². The number of rotatable bonds is 6. The zero-order valence-electron chi connectivity index (χ0n) is 19.1. The van der Waals surface area contributed by atoms with Gasteiger partial charge in [0.25, 0.3) is 0 Å². The Morgan fingerprint density at radius 1 is 0.969 bits per heavy atom. The number of amides is 2. The Hall–Kier alpha value is -2.99. The van der Waals surface area contributed by atoms with Crippen molar-refractivity contribution >= 4 is 23.5 Å². The molecule has 2 saturated heterocycles. The molecule has 6 heteroatoms. The molecule has 4 rings (SSSR count). The fraction of sp³-hybridized carbons (Fsp3) is 0.423. The van der Waals surface area contributed by atoms with Crippen molar-refractivity contribution in [1.82, 2.24) is 5.32 Å². The van der Waals surface area contributed by atoms with Crippen LogP contribution in [0.5, 0.6) is 0 Å². The van der Waals surface area contributed by atoms with Gasteiger partial charge >= 0.3 is 5.97 Å². The largest absolute Gasteiger partial charge is 0.465 e. The minimum atomic E-state index is -1.24. The molecule has 4 atom stereocenters. The van der Waals surface area contributed by atoms with Crippen molar-refractivity contribution in [3.63, 3.8) is 0 Å². The lowest BCUT2D eigenvalue weighted by molar-refractivity contribution is -0.155. The number of carbonyl (C=O) groups is 3. The quantitative estimate of drug-likeness (QED) is 0.552. The number of aryl methyl sites for hydroxylation is 2. The van der Waals surface area contributed by atoms with Gasteiger partial charge in [-0.3, -0.25) is 19.7 Å². The number of esters is 1. The normalized spacial score (nSPS) is 27.0.